The summed E-state index contributed by atoms with van der Waals surface area (Å²) in [6.07, 6.45) is 1.89. The highest BCUT2D eigenvalue weighted by Crippen LogP contribution is 2.50. The van der Waals surface area contributed by atoms with Crippen molar-refractivity contribution < 1.29 is 39.0 Å². The number of hydrogen-bond acceptors (Lipinski definition) is 7. The summed E-state index contributed by atoms with van der Waals surface area (Å²) in [4.78, 5) is 68.4. The van der Waals surface area contributed by atoms with Gasteiger partial charge in [0, 0.05) is 9.78 Å². The van der Waals surface area contributed by atoms with Crippen LogP contribution in [0.2, 0.25) is 0 Å². The van der Waals surface area contributed by atoms with Gasteiger partial charge in [0.05, 0.1) is 6.04 Å². The SMILES string of the molecule is CC1(C)S[C@@H]2[C@H](NC=O)C(=O)N2[C@H]1C(=O)O.O=CN[C@@H]1C(=O)N2C(C(=O)O)=C(Cl)CC[C@H]12. The van der Waals surface area contributed by atoms with E-state index in [0.29, 0.717) is 25.7 Å². The average molecular weight is 489 g/mol. The van der Waals surface area contributed by atoms with Crippen molar-refractivity contribution in [2.24, 2.45) is 0 Å². The molecule has 32 heavy (non-hydrogen) atoms. The van der Waals surface area contributed by atoms with Gasteiger partial charge >= 0.3 is 11.9 Å². The number of thioether (sulfide) groups is 1. The standard InChI is InChI=1S/C9H9ClN2O4.C9H12N2O4S/c10-4-1-2-5-6(11-3-13)8(14)12(5)7(4)9(15)16;1-9(2)5(8(14)15)11-6(13)4(10-3-12)7(11)16-9/h3,5-6H,1-2H2,(H,11,13)(H,15,16);3-5,7H,1-2H3,(H,10,12)(H,14,15)/t5-,6+;4-,5+,7-/m11/s1. The number of rotatable bonds is 6. The zero-order valence-electron chi connectivity index (χ0n) is 17.0. The largest absolute Gasteiger partial charge is 0.480 e. The molecule has 4 amide bonds. The quantitative estimate of drug-likeness (QED) is 0.267. The van der Waals surface area contributed by atoms with Gasteiger partial charge in [-0.3, -0.25) is 24.1 Å². The highest BCUT2D eigenvalue weighted by Gasteiger charge is 2.63. The van der Waals surface area contributed by atoms with E-state index in [4.69, 9.17) is 21.8 Å². The number of β-lactam (4-membered cyclic amide) rings is 2. The van der Waals surface area contributed by atoms with Crippen LogP contribution in [0, 0.1) is 0 Å². The Hall–Kier alpha value is -2.80. The maximum atomic E-state index is 11.7. The van der Waals surface area contributed by atoms with Crippen LogP contribution >= 0.6 is 23.4 Å². The zero-order chi connectivity index (χ0) is 24.0. The molecule has 0 radical (unpaired) electrons. The molecule has 0 saturated carbocycles. The number of carbonyl (C=O) groups is 6. The molecule has 4 aliphatic rings. The van der Waals surface area contributed by atoms with Crippen molar-refractivity contribution in [1.29, 1.82) is 0 Å². The van der Waals surface area contributed by atoms with E-state index in [-0.39, 0.29) is 28.1 Å². The Bertz CT molecular complexity index is 925. The molecule has 0 bridgehead atoms. The molecule has 0 aromatic carbocycles. The number of nitrogens with one attached hydrogen (secondary N) is 2. The van der Waals surface area contributed by atoms with E-state index in [0.717, 1.165) is 4.90 Å². The minimum Gasteiger partial charge on any atom is -0.480 e. The van der Waals surface area contributed by atoms with Crippen LogP contribution in [0.5, 0.6) is 0 Å². The molecule has 174 valence electrons. The lowest BCUT2D eigenvalue weighted by Gasteiger charge is -2.49. The van der Waals surface area contributed by atoms with Crippen LogP contribution in [0.15, 0.2) is 10.7 Å². The van der Waals surface area contributed by atoms with Gasteiger partial charge < -0.3 is 25.7 Å². The van der Waals surface area contributed by atoms with Gasteiger partial charge in [0.15, 0.2) is 0 Å². The summed E-state index contributed by atoms with van der Waals surface area (Å²) in [6.45, 7) is 3.58. The Balaban J connectivity index is 0.000000181. The smallest absolute Gasteiger partial charge is 0.353 e. The first kappa shape index (κ1) is 23.9. The summed E-state index contributed by atoms with van der Waals surface area (Å²) in [5.41, 5.74) is -0.160. The second-order valence-electron chi connectivity index (χ2n) is 8.00. The summed E-state index contributed by atoms with van der Waals surface area (Å²) in [7, 11) is 0. The van der Waals surface area contributed by atoms with Crippen molar-refractivity contribution in [3.05, 3.63) is 10.7 Å². The molecule has 0 aromatic rings. The monoisotopic (exact) mass is 488 g/mol. The van der Waals surface area contributed by atoms with Gasteiger partial charge in [0.25, 0.3) is 5.91 Å². The maximum absolute atomic E-state index is 11.7. The van der Waals surface area contributed by atoms with Gasteiger partial charge in [0.2, 0.25) is 18.7 Å². The lowest BCUT2D eigenvalue weighted by Crippen LogP contribution is -2.70. The number of halogens is 1. The highest BCUT2D eigenvalue weighted by atomic mass is 35.5. The molecule has 4 rings (SSSR count). The van der Waals surface area contributed by atoms with Crippen molar-refractivity contribution in [3.63, 3.8) is 0 Å². The van der Waals surface area contributed by atoms with Crippen LogP contribution in [-0.2, 0) is 28.8 Å². The van der Waals surface area contributed by atoms with Crippen molar-refractivity contribution in [3.8, 4) is 0 Å². The molecular weight excluding hydrogens is 468 g/mol. The highest BCUT2D eigenvalue weighted by molar-refractivity contribution is 8.01. The van der Waals surface area contributed by atoms with E-state index in [1.54, 1.807) is 13.8 Å². The number of allylic oxidation sites excluding steroid dienone is 1. The third-order valence-corrected chi connectivity index (χ3v) is 7.69. The fraction of sp³-hybridized carbons (Fsp3) is 0.556. The van der Waals surface area contributed by atoms with E-state index in [1.807, 2.05) is 0 Å². The number of amides is 4. The van der Waals surface area contributed by atoms with Crippen molar-refractivity contribution in [2.45, 2.75) is 61.0 Å². The number of carbonyl (C=O) groups excluding carboxylic acids is 4. The van der Waals surface area contributed by atoms with Crippen molar-refractivity contribution in [1.82, 2.24) is 20.4 Å². The van der Waals surface area contributed by atoms with E-state index >= 15 is 0 Å². The minimum atomic E-state index is -1.22. The van der Waals surface area contributed by atoms with Crippen molar-refractivity contribution >= 4 is 59.9 Å². The Morgan fingerprint density at radius 2 is 1.72 bits per heavy atom. The van der Waals surface area contributed by atoms with Gasteiger partial charge in [-0.15, -0.1) is 11.8 Å². The van der Waals surface area contributed by atoms with Crippen LogP contribution in [0.3, 0.4) is 0 Å². The number of nitrogens with zero attached hydrogens (tertiary/aromatic N) is 2. The number of carboxylic acid groups (broad SMARTS) is 2. The molecule has 0 spiro atoms. The molecule has 3 saturated heterocycles. The van der Waals surface area contributed by atoms with E-state index in [2.05, 4.69) is 10.6 Å². The third-order valence-electron chi connectivity index (χ3n) is 5.75. The summed E-state index contributed by atoms with van der Waals surface area (Å²) in [5, 5.41) is 22.8. The summed E-state index contributed by atoms with van der Waals surface area (Å²) >= 11 is 7.19. The molecule has 5 atom stereocenters. The molecule has 3 fully saturated rings. The first-order valence-electron chi connectivity index (χ1n) is 9.55. The van der Waals surface area contributed by atoms with Gasteiger partial charge in [-0.1, -0.05) is 11.6 Å². The van der Waals surface area contributed by atoms with Crippen LogP contribution in [0.1, 0.15) is 26.7 Å². The molecule has 0 aromatic heterocycles. The topological polar surface area (TPSA) is 173 Å². The second-order valence-corrected chi connectivity index (χ2v) is 10.2. The predicted octanol–water partition coefficient (Wildman–Crippen LogP) is -1.11. The molecule has 0 unspecified atom stereocenters. The molecule has 0 aliphatic carbocycles. The summed E-state index contributed by atoms with van der Waals surface area (Å²) in [5.74, 6) is -2.96. The van der Waals surface area contributed by atoms with E-state index < -0.39 is 40.7 Å². The normalized spacial score (nSPS) is 31.8. The molecule has 14 heteroatoms. The fourth-order valence-electron chi connectivity index (χ4n) is 4.35. The predicted molar refractivity (Wildman–Crippen MR) is 110 cm³/mol. The van der Waals surface area contributed by atoms with Crippen molar-refractivity contribution in [2.75, 3.05) is 0 Å². The Labute approximate surface area is 191 Å². The summed E-state index contributed by atoms with van der Waals surface area (Å²) in [6, 6.07) is -2.30. The van der Waals surface area contributed by atoms with Crippen LogP contribution < -0.4 is 10.6 Å². The molecule has 4 aliphatic heterocycles. The Morgan fingerprint density at radius 1 is 1.12 bits per heavy atom. The summed E-state index contributed by atoms with van der Waals surface area (Å²) < 4.78 is -0.536. The van der Waals surface area contributed by atoms with Gasteiger partial charge in [-0.25, -0.2) is 9.59 Å². The minimum absolute atomic E-state index is 0.160. The van der Waals surface area contributed by atoms with Gasteiger partial charge in [0.1, 0.15) is 29.2 Å². The Morgan fingerprint density at radius 3 is 2.25 bits per heavy atom. The average Bonchev–Trinajstić information content (AvgIpc) is 2.98. The Kier molecular flexibility index (Phi) is 6.43. The molecule has 4 N–H and O–H groups in total. The number of fused-ring (bicyclic) bond motifs is 2. The van der Waals surface area contributed by atoms with Crippen LogP contribution in [0.4, 0.5) is 0 Å². The van der Waals surface area contributed by atoms with Crippen LogP contribution in [0.25, 0.3) is 0 Å². The van der Waals surface area contributed by atoms with Gasteiger partial charge in [-0.05, 0) is 26.7 Å². The maximum Gasteiger partial charge on any atom is 0.353 e. The van der Waals surface area contributed by atoms with Crippen LogP contribution in [-0.4, -0.2) is 90.9 Å². The molecule has 4 heterocycles. The number of hydrogen-bond donors (Lipinski definition) is 4. The van der Waals surface area contributed by atoms with Gasteiger partial charge in [-0.2, -0.15) is 0 Å². The number of aliphatic carboxylic acids is 2. The molecule has 12 nitrogen and oxygen atoms in total. The number of carboxylic acids is 2. The van der Waals surface area contributed by atoms with E-state index in [1.165, 1.54) is 16.7 Å². The zero-order valence-corrected chi connectivity index (χ0v) is 18.6. The van der Waals surface area contributed by atoms with E-state index in [9.17, 15) is 28.8 Å². The third kappa shape index (κ3) is 3.68. The fourth-order valence-corrected chi connectivity index (χ4v) is 6.27. The molecular formula is C18H21ClN4O8S. The lowest BCUT2D eigenvalue weighted by atomic mass is 9.86. The first-order chi connectivity index (χ1) is 15.0. The lowest BCUT2D eigenvalue weighted by molar-refractivity contribution is -0.160. The first-order valence-corrected chi connectivity index (χ1v) is 10.8. The second kappa shape index (κ2) is 8.62.